The van der Waals surface area contributed by atoms with Crippen LogP contribution in [0.15, 0.2) is 12.1 Å². The summed E-state index contributed by atoms with van der Waals surface area (Å²) in [7, 11) is 2.12. The van der Waals surface area contributed by atoms with Crippen molar-refractivity contribution in [3.8, 4) is 0 Å². The Morgan fingerprint density at radius 1 is 1.20 bits per heavy atom. The molecule has 1 aliphatic carbocycles. The van der Waals surface area contributed by atoms with E-state index in [1.54, 1.807) is 6.07 Å². The first-order chi connectivity index (χ1) is 9.70. The summed E-state index contributed by atoms with van der Waals surface area (Å²) in [5.41, 5.74) is 0. The van der Waals surface area contributed by atoms with Crippen LogP contribution in [0.25, 0.3) is 0 Å². The van der Waals surface area contributed by atoms with Gasteiger partial charge in [-0.3, -0.25) is 5.32 Å². The fourth-order valence-electron chi connectivity index (χ4n) is 2.16. The Morgan fingerprint density at radius 3 is 2.55 bits per heavy atom. The monoisotopic (exact) mass is 276 g/mol. The van der Waals surface area contributed by atoms with Crippen LogP contribution in [0.5, 0.6) is 0 Å². The third kappa shape index (κ3) is 3.36. The van der Waals surface area contributed by atoms with Crippen molar-refractivity contribution in [1.82, 2.24) is 20.4 Å². The number of aromatic nitrogens is 2. The molecule has 0 atom stereocenters. The maximum atomic E-state index is 11.6. The zero-order valence-electron chi connectivity index (χ0n) is 11.7. The number of nitrogens with one attached hydrogen (secondary N) is 2. The van der Waals surface area contributed by atoms with Crippen LogP contribution in [0.3, 0.4) is 0 Å². The first-order valence-electron chi connectivity index (χ1n) is 7.05. The van der Waals surface area contributed by atoms with Gasteiger partial charge >= 0.3 is 6.03 Å². The molecule has 1 aliphatic heterocycles. The minimum Gasteiger partial charge on any atom is -0.353 e. The first-order valence-corrected chi connectivity index (χ1v) is 7.05. The molecule has 7 nitrogen and oxygen atoms in total. The predicted octanol–water partition coefficient (Wildman–Crippen LogP) is 0.512. The van der Waals surface area contributed by atoms with Gasteiger partial charge in [0.05, 0.1) is 0 Å². The average molecular weight is 276 g/mol. The molecule has 0 radical (unpaired) electrons. The largest absolute Gasteiger partial charge is 0.353 e. The number of anilines is 2. The number of amides is 2. The number of piperazine rings is 1. The van der Waals surface area contributed by atoms with E-state index in [2.05, 4.69) is 37.7 Å². The molecule has 0 unspecified atom stereocenters. The van der Waals surface area contributed by atoms with Gasteiger partial charge in [0, 0.05) is 32.2 Å². The summed E-state index contributed by atoms with van der Waals surface area (Å²) in [6, 6.07) is 3.85. The maximum absolute atomic E-state index is 11.6. The van der Waals surface area contributed by atoms with Crippen molar-refractivity contribution in [2.75, 3.05) is 43.4 Å². The van der Waals surface area contributed by atoms with Gasteiger partial charge in [-0.15, -0.1) is 10.2 Å². The Hall–Kier alpha value is -1.89. The lowest BCUT2D eigenvalue weighted by Crippen LogP contribution is -2.44. The molecule has 7 heteroatoms. The van der Waals surface area contributed by atoms with Crippen molar-refractivity contribution < 1.29 is 4.79 Å². The summed E-state index contributed by atoms with van der Waals surface area (Å²) >= 11 is 0. The average Bonchev–Trinajstić information content (AvgIpc) is 3.24. The zero-order valence-corrected chi connectivity index (χ0v) is 11.7. The van der Waals surface area contributed by atoms with Crippen molar-refractivity contribution in [1.29, 1.82) is 0 Å². The van der Waals surface area contributed by atoms with E-state index >= 15 is 0 Å². The fourth-order valence-corrected chi connectivity index (χ4v) is 2.16. The summed E-state index contributed by atoms with van der Waals surface area (Å²) in [6.07, 6.45) is 2.14. The van der Waals surface area contributed by atoms with Crippen LogP contribution < -0.4 is 15.5 Å². The van der Waals surface area contributed by atoms with E-state index < -0.39 is 0 Å². The Labute approximate surface area is 118 Å². The van der Waals surface area contributed by atoms with Crippen LogP contribution in [0.4, 0.5) is 16.4 Å². The summed E-state index contributed by atoms with van der Waals surface area (Å²) in [5, 5.41) is 13.8. The fraction of sp³-hybridized carbons (Fsp3) is 0.615. The second-order valence-corrected chi connectivity index (χ2v) is 5.44. The maximum Gasteiger partial charge on any atom is 0.320 e. The van der Waals surface area contributed by atoms with Gasteiger partial charge < -0.3 is 15.1 Å². The second-order valence-electron chi connectivity index (χ2n) is 5.44. The van der Waals surface area contributed by atoms with Crippen molar-refractivity contribution >= 4 is 17.7 Å². The molecule has 1 aromatic heterocycles. The number of carbonyl (C=O) groups excluding carboxylic acids is 1. The zero-order chi connectivity index (χ0) is 13.9. The van der Waals surface area contributed by atoms with Crippen LogP contribution in [-0.4, -0.2) is 60.4 Å². The molecule has 2 aliphatic rings. The Balaban J connectivity index is 1.55. The molecule has 0 spiro atoms. The SMILES string of the molecule is CN1CCN(c2ccc(NC(=O)NC3CC3)nn2)CC1. The number of likely N-dealkylation sites (N-methyl/N-ethyl adjacent to an activating group) is 1. The minimum absolute atomic E-state index is 0.200. The van der Waals surface area contributed by atoms with Gasteiger partial charge in [-0.1, -0.05) is 0 Å². The van der Waals surface area contributed by atoms with E-state index in [0.717, 1.165) is 44.8 Å². The van der Waals surface area contributed by atoms with E-state index in [-0.39, 0.29) is 6.03 Å². The third-order valence-corrected chi connectivity index (χ3v) is 3.63. The molecule has 2 fully saturated rings. The normalized spacial score (nSPS) is 19.8. The van der Waals surface area contributed by atoms with Gasteiger partial charge in [0.2, 0.25) is 0 Å². The molecule has 20 heavy (non-hydrogen) atoms. The van der Waals surface area contributed by atoms with Crippen LogP contribution in [0, 0.1) is 0 Å². The molecule has 1 saturated heterocycles. The molecule has 1 saturated carbocycles. The smallest absolute Gasteiger partial charge is 0.320 e. The van der Waals surface area contributed by atoms with Crippen LogP contribution in [0.2, 0.25) is 0 Å². The summed E-state index contributed by atoms with van der Waals surface area (Å²) in [6.45, 7) is 3.98. The highest BCUT2D eigenvalue weighted by Crippen LogP contribution is 2.19. The van der Waals surface area contributed by atoms with Crippen molar-refractivity contribution in [2.24, 2.45) is 0 Å². The first kappa shape index (κ1) is 13.1. The molecule has 0 bridgehead atoms. The molecule has 108 valence electrons. The minimum atomic E-state index is -0.200. The summed E-state index contributed by atoms with van der Waals surface area (Å²) in [5.74, 6) is 1.35. The second kappa shape index (κ2) is 5.62. The number of urea groups is 1. The van der Waals surface area contributed by atoms with E-state index in [1.807, 2.05) is 6.07 Å². The Bertz CT molecular complexity index is 464. The lowest BCUT2D eigenvalue weighted by Gasteiger charge is -2.32. The van der Waals surface area contributed by atoms with Crippen LogP contribution in [-0.2, 0) is 0 Å². The van der Waals surface area contributed by atoms with Crippen LogP contribution >= 0.6 is 0 Å². The van der Waals surface area contributed by atoms with E-state index in [4.69, 9.17) is 0 Å². The van der Waals surface area contributed by atoms with Crippen molar-refractivity contribution in [3.05, 3.63) is 12.1 Å². The summed E-state index contributed by atoms with van der Waals surface area (Å²) in [4.78, 5) is 16.1. The molecule has 0 aromatic carbocycles. The molecule has 2 heterocycles. The number of hydrogen-bond acceptors (Lipinski definition) is 5. The number of carbonyl (C=O) groups is 1. The molecular weight excluding hydrogens is 256 g/mol. The van der Waals surface area contributed by atoms with Gasteiger partial charge in [-0.05, 0) is 32.0 Å². The molecule has 2 N–H and O–H groups in total. The molecule has 3 rings (SSSR count). The summed E-state index contributed by atoms with van der Waals surface area (Å²) < 4.78 is 0. The standard InChI is InChI=1S/C13H20N6O/c1-18-6-8-19(9-7-18)12-5-4-11(16-17-12)15-13(20)14-10-2-3-10/h4-5,10H,2-3,6-9H2,1H3,(H2,14,15,16,20). The Kier molecular flexibility index (Phi) is 3.68. The molecular formula is C13H20N6O. The molecule has 1 aromatic rings. The number of hydrogen-bond donors (Lipinski definition) is 2. The lowest BCUT2D eigenvalue weighted by molar-refractivity contribution is 0.251. The number of nitrogens with zero attached hydrogens (tertiary/aromatic N) is 4. The highest BCUT2D eigenvalue weighted by atomic mass is 16.2. The third-order valence-electron chi connectivity index (χ3n) is 3.63. The van der Waals surface area contributed by atoms with Gasteiger partial charge in [0.25, 0.3) is 0 Å². The van der Waals surface area contributed by atoms with Crippen molar-refractivity contribution in [2.45, 2.75) is 18.9 Å². The molecule has 2 amide bonds. The van der Waals surface area contributed by atoms with Gasteiger partial charge in [-0.2, -0.15) is 0 Å². The van der Waals surface area contributed by atoms with Crippen molar-refractivity contribution in [3.63, 3.8) is 0 Å². The Morgan fingerprint density at radius 2 is 1.95 bits per heavy atom. The van der Waals surface area contributed by atoms with E-state index in [0.29, 0.717) is 11.9 Å². The number of rotatable bonds is 3. The van der Waals surface area contributed by atoms with Gasteiger partial charge in [-0.25, -0.2) is 4.79 Å². The van der Waals surface area contributed by atoms with E-state index in [9.17, 15) is 4.79 Å². The predicted molar refractivity (Wildman–Crippen MR) is 76.9 cm³/mol. The quantitative estimate of drug-likeness (QED) is 0.841. The topological polar surface area (TPSA) is 73.4 Å². The lowest BCUT2D eigenvalue weighted by atomic mass is 10.3. The highest BCUT2D eigenvalue weighted by molar-refractivity contribution is 5.88. The highest BCUT2D eigenvalue weighted by Gasteiger charge is 2.23. The van der Waals surface area contributed by atoms with Crippen LogP contribution in [0.1, 0.15) is 12.8 Å². The van der Waals surface area contributed by atoms with Gasteiger partial charge in [0.1, 0.15) is 0 Å². The van der Waals surface area contributed by atoms with Gasteiger partial charge in [0.15, 0.2) is 11.6 Å². The van der Waals surface area contributed by atoms with E-state index in [1.165, 1.54) is 0 Å².